The quantitative estimate of drug-likeness (QED) is 0.660. The van der Waals surface area contributed by atoms with Crippen molar-refractivity contribution >= 4 is 0 Å². The molecule has 2 N–H and O–H groups in total. The van der Waals surface area contributed by atoms with Gasteiger partial charge in [-0.3, -0.25) is 0 Å². The maximum atomic E-state index is 3.48. The van der Waals surface area contributed by atoms with Gasteiger partial charge in [-0.1, -0.05) is 13.8 Å². The van der Waals surface area contributed by atoms with Gasteiger partial charge in [-0.15, -0.1) is 0 Å². The summed E-state index contributed by atoms with van der Waals surface area (Å²) >= 11 is 0. The lowest BCUT2D eigenvalue weighted by Gasteiger charge is -2.43. The summed E-state index contributed by atoms with van der Waals surface area (Å²) in [6.07, 6.45) is 0. The predicted molar refractivity (Wildman–Crippen MR) is 55.5 cm³/mol. The minimum atomic E-state index is 0.137. The second-order valence-corrected chi connectivity index (χ2v) is 4.31. The fourth-order valence-electron chi connectivity index (χ4n) is 1.33. The third kappa shape index (κ3) is 2.76. The molecule has 2 nitrogen and oxygen atoms in total. The highest BCUT2D eigenvalue weighted by molar-refractivity contribution is 4.99. The van der Waals surface area contributed by atoms with E-state index < -0.39 is 0 Å². The topological polar surface area (TPSA) is 24.1 Å². The van der Waals surface area contributed by atoms with Gasteiger partial charge in [0.25, 0.3) is 0 Å². The van der Waals surface area contributed by atoms with Gasteiger partial charge in [-0.05, 0) is 40.8 Å². The maximum absolute atomic E-state index is 3.48. The van der Waals surface area contributed by atoms with Crippen molar-refractivity contribution in [2.45, 2.75) is 52.6 Å². The smallest absolute Gasteiger partial charge is 0.0301 e. The number of hydrogen-bond acceptors (Lipinski definition) is 2. The summed E-state index contributed by atoms with van der Waals surface area (Å²) in [5.74, 6) is 0. The molecule has 0 saturated heterocycles. The molecule has 0 aliphatic heterocycles. The van der Waals surface area contributed by atoms with Crippen LogP contribution < -0.4 is 10.6 Å². The Balaban J connectivity index is 4.28. The molecular weight excluding hydrogens is 148 g/mol. The molecule has 0 heterocycles. The van der Waals surface area contributed by atoms with Gasteiger partial charge < -0.3 is 10.6 Å². The van der Waals surface area contributed by atoms with Crippen LogP contribution in [0.1, 0.15) is 41.5 Å². The fraction of sp³-hybridized carbons (Fsp3) is 1.00. The van der Waals surface area contributed by atoms with Gasteiger partial charge in [0.1, 0.15) is 0 Å². The summed E-state index contributed by atoms with van der Waals surface area (Å²) in [6.45, 7) is 15.3. The van der Waals surface area contributed by atoms with Crippen LogP contribution in [0.25, 0.3) is 0 Å². The zero-order chi connectivity index (χ0) is 9.83. The third-order valence-electron chi connectivity index (χ3n) is 2.80. The Bertz CT molecular complexity index is 112. The van der Waals surface area contributed by atoms with Gasteiger partial charge in [-0.2, -0.15) is 0 Å². The SMILES string of the molecule is CCNC(C)(C)C(C)(C)NCC. The highest BCUT2D eigenvalue weighted by atomic mass is 15.1. The molecule has 0 aromatic carbocycles. The van der Waals surface area contributed by atoms with Crippen molar-refractivity contribution in [2.24, 2.45) is 0 Å². The summed E-state index contributed by atoms with van der Waals surface area (Å²) in [5, 5.41) is 6.97. The van der Waals surface area contributed by atoms with Crippen LogP contribution in [-0.4, -0.2) is 24.2 Å². The van der Waals surface area contributed by atoms with Gasteiger partial charge in [-0.25, -0.2) is 0 Å². The Hall–Kier alpha value is -0.0800. The van der Waals surface area contributed by atoms with Crippen LogP contribution >= 0.6 is 0 Å². The average molecular weight is 172 g/mol. The third-order valence-corrected chi connectivity index (χ3v) is 2.80. The monoisotopic (exact) mass is 172 g/mol. The molecule has 0 atom stereocenters. The van der Waals surface area contributed by atoms with Crippen molar-refractivity contribution in [3.8, 4) is 0 Å². The first-order chi connectivity index (χ1) is 5.37. The van der Waals surface area contributed by atoms with E-state index in [1.165, 1.54) is 0 Å². The first kappa shape index (κ1) is 11.9. The highest BCUT2D eigenvalue weighted by Gasteiger charge is 2.34. The summed E-state index contributed by atoms with van der Waals surface area (Å²) in [6, 6.07) is 0. The molecule has 0 bridgehead atoms. The molecule has 12 heavy (non-hydrogen) atoms. The number of nitrogens with one attached hydrogen (secondary N) is 2. The Morgan fingerprint density at radius 1 is 0.750 bits per heavy atom. The molecule has 0 aromatic heterocycles. The maximum Gasteiger partial charge on any atom is 0.0301 e. The largest absolute Gasteiger partial charge is 0.310 e. The van der Waals surface area contributed by atoms with E-state index >= 15 is 0 Å². The van der Waals surface area contributed by atoms with E-state index in [1.54, 1.807) is 0 Å². The van der Waals surface area contributed by atoms with Crippen LogP contribution in [0.4, 0.5) is 0 Å². The first-order valence-corrected chi connectivity index (χ1v) is 4.87. The Kier molecular flexibility index (Phi) is 4.21. The van der Waals surface area contributed by atoms with E-state index in [0.29, 0.717) is 0 Å². The molecule has 0 rings (SSSR count). The number of hydrogen-bond donors (Lipinski definition) is 2. The van der Waals surface area contributed by atoms with Gasteiger partial charge in [0, 0.05) is 11.1 Å². The predicted octanol–water partition coefficient (Wildman–Crippen LogP) is 1.76. The average Bonchev–Trinajstić information content (AvgIpc) is 1.86. The highest BCUT2D eigenvalue weighted by Crippen LogP contribution is 2.20. The zero-order valence-electron chi connectivity index (χ0n) is 9.41. The van der Waals surface area contributed by atoms with Crippen molar-refractivity contribution in [3.63, 3.8) is 0 Å². The van der Waals surface area contributed by atoms with Crippen molar-refractivity contribution in [1.82, 2.24) is 10.6 Å². The van der Waals surface area contributed by atoms with Gasteiger partial charge >= 0.3 is 0 Å². The van der Waals surface area contributed by atoms with Gasteiger partial charge in [0.05, 0.1) is 0 Å². The Morgan fingerprint density at radius 2 is 1.00 bits per heavy atom. The van der Waals surface area contributed by atoms with Crippen LogP contribution in [0.5, 0.6) is 0 Å². The van der Waals surface area contributed by atoms with Crippen LogP contribution in [0, 0.1) is 0 Å². The second kappa shape index (κ2) is 4.24. The van der Waals surface area contributed by atoms with E-state index in [-0.39, 0.29) is 11.1 Å². The number of likely N-dealkylation sites (N-methyl/N-ethyl adjacent to an activating group) is 2. The first-order valence-electron chi connectivity index (χ1n) is 4.87. The molecule has 0 spiro atoms. The van der Waals surface area contributed by atoms with Crippen LogP contribution in [0.3, 0.4) is 0 Å². The lowest BCUT2D eigenvalue weighted by Crippen LogP contribution is -2.62. The second-order valence-electron chi connectivity index (χ2n) is 4.31. The minimum Gasteiger partial charge on any atom is -0.310 e. The number of rotatable bonds is 5. The standard InChI is InChI=1S/C10H24N2/c1-7-11-9(3,4)10(5,6)12-8-2/h11-12H,7-8H2,1-6H3. The summed E-state index contributed by atoms with van der Waals surface area (Å²) in [5.41, 5.74) is 0.273. The van der Waals surface area contributed by atoms with Crippen LogP contribution in [0.15, 0.2) is 0 Å². The molecule has 0 radical (unpaired) electrons. The van der Waals surface area contributed by atoms with E-state index in [2.05, 4.69) is 52.2 Å². The van der Waals surface area contributed by atoms with E-state index in [9.17, 15) is 0 Å². The van der Waals surface area contributed by atoms with Gasteiger partial charge in [0.15, 0.2) is 0 Å². The van der Waals surface area contributed by atoms with Gasteiger partial charge in [0.2, 0.25) is 0 Å². The summed E-state index contributed by atoms with van der Waals surface area (Å²) in [4.78, 5) is 0. The Labute approximate surface area is 77.1 Å². The lowest BCUT2D eigenvalue weighted by molar-refractivity contribution is 0.199. The van der Waals surface area contributed by atoms with Crippen molar-refractivity contribution in [3.05, 3.63) is 0 Å². The van der Waals surface area contributed by atoms with Crippen LogP contribution in [0.2, 0.25) is 0 Å². The summed E-state index contributed by atoms with van der Waals surface area (Å²) in [7, 11) is 0. The molecular formula is C10H24N2. The van der Waals surface area contributed by atoms with Crippen LogP contribution in [-0.2, 0) is 0 Å². The zero-order valence-corrected chi connectivity index (χ0v) is 9.41. The molecule has 2 heteroatoms. The molecule has 0 aliphatic carbocycles. The molecule has 74 valence electrons. The van der Waals surface area contributed by atoms with Crippen molar-refractivity contribution in [2.75, 3.05) is 13.1 Å². The van der Waals surface area contributed by atoms with E-state index in [4.69, 9.17) is 0 Å². The summed E-state index contributed by atoms with van der Waals surface area (Å²) < 4.78 is 0. The fourth-order valence-corrected chi connectivity index (χ4v) is 1.33. The van der Waals surface area contributed by atoms with E-state index in [1.807, 2.05) is 0 Å². The minimum absolute atomic E-state index is 0.137. The molecule has 0 aromatic rings. The molecule has 0 fully saturated rings. The lowest BCUT2D eigenvalue weighted by atomic mass is 9.82. The molecule has 0 amide bonds. The molecule has 0 aliphatic rings. The normalized spacial score (nSPS) is 13.5. The van der Waals surface area contributed by atoms with E-state index in [0.717, 1.165) is 13.1 Å². The Morgan fingerprint density at radius 3 is 1.17 bits per heavy atom. The van der Waals surface area contributed by atoms with Crippen molar-refractivity contribution < 1.29 is 0 Å². The molecule has 0 unspecified atom stereocenters. The molecule has 0 saturated carbocycles. The van der Waals surface area contributed by atoms with Crippen molar-refractivity contribution in [1.29, 1.82) is 0 Å².